The highest BCUT2D eigenvalue weighted by Gasteiger charge is 2.19. The number of aliphatic carboxylic acids is 1. The number of benzene rings is 1. The molecule has 0 bridgehead atoms. The summed E-state index contributed by atoms with van der Waals surface area (Å²) in [5.41, 5.74) is 0.111. The molecule has 1 atom stereocenters. The van der Waals surface area contributed by atoms with Crippen LogP contribution in [0.1, 0.15) is 17.9 Å². The Morgan fingerprint density at radius 2 is 1.93 bits per heavy atom. The van der Waals surface area contributed by atoms with Gasteiger partial charge in [0.05, 0.1) is 5.92 Å². The van der Waals surface area contributed by atoms with Crippen LogP contribution in [0.3, 0.4) is 0 Å². The Balaban J connectivity index is 3.10. The number of hydrogen-bond donors (Lipinski definition) is 1. The Hall–Kier alpha value is -1.71. The maximum atomic E-state index is 12.8. The zero-order valence-corrected chi connectivity index (χ0v) is 7.91. The van der Waals surface area contributed by atoms with Gasteiger partial charge >= 0.3 is 5.97 Å². The van der Waals surface area contributed by atoms with Gasteiger partial charge in [-0.2, -0.15) is 0 Å². The maximum Gasteiger partial charge on any atom is 0.311 e. The van der Waals surface area contributed by atoms with Crippen LogP contribution in [0, 0.1) is 11.6 Å². The molecule has 0 spiro atoms. The normalized spacial score (nSPS) is 12.1. The highest BCUT2D eigenvalue weighted by atomic mass is 19.1. The summed E-state index contributed by atoms with van der Waals surface area (Å²) >= 11 is 0. The van der Waals surface area contributed by atoms with Crippen molar-refractivity contribution in [3.05, 3.63) is 48.1 Å². The van der Waals surface area contributed by atoms with E-state index >= 15 is 0 Å². The molecule has 0 aliphatic rings. The maximum absolute atomic E-state index is 12.8. The fraction of sp³-hybridized carbons (Fsp3) is 0.182. The number of halogens is 2. The summed E-state index contributed by atoms with van der Waals surface area (Å²) < 4.78 is 25.7. The summed E-state index contributed by atoms with van der Waals surface area (Å²) in [6.07, 6.45) is 1.54. The third-order valence-corrected chi connectivity index (χ3v) is 1.99. The van der Waals surface area contributed by atoms with Crippen molar-refractivity contribution in [1.29, 1.82) is 0 Å². The van der Waals surface area contributed by atoms with E-state index in [0.717, 1.165) is 12.1 Å². The second-order valence-electron chi connectivity index (χ2n) is 3.12. The topological polar surface area (TPSA) is 37.3 Å². The van der Waals surface area contributed by atoms with Crippen molar-refractivity contribution in [2.45, 2.75) is 12.3 Å². The number of carbonyl (C=O) groups is 1. The predicted molar refractivity (Wildman–Crippen MR) is 51.5 cm³/mol. The number of carboxylic acids is 1. The van der Waals surface area contributed by atoms with Gasteiger partial charge in [-0.25, -0.2) is 8.78 Å². The van der Waals surface area contributed by atoms with Crippen molar-refractivity contribution in [3.63, 3.8) is 0 Å². The summed E-state index contributed by atoms with van der Waals surface area (Å²) in [6.45, 7) is 3.40. The van der Waals surface area contributed by atoms with E-state index < -0.39 is 23.5 Å². The Bertz CT molecular complexity index is 368. The van der Waals surface area contributed by atoms with Crippen LogP contribution in [0.4, 0.5) is 8.78 Å². The zero-order valence-electron chi connectivity index (χ0n) is 7.91. The molecule has 15 heavy (non-hydrogen) atoms. The molecule has 1 rings (SSSR count). The van der Waals surface area contributed by atoms with E-state index in [1.54, 1.807) is 0 Å². The molecule has 80 valence electrons. The van der Waals surface area contributed by atoms with Crippen molar-refractivity contribution in [2.75, 3.05) is 0 Å². The van der Waals surface area contributed by atoms with Crippen LogP contribution in [0.25, 0.3) is 0 Å². The van der Waals surface area contributed by atoms with Crippen LogP contribution in [-0.4, -0.2) is 11.1 Å². The minimum absolute atomic E-state index is 0.111. The van der Waals surface area contributed by atoms with Crippen molar-refractivity contribution < 1.29 is 18.7 Å². The van der Waals surface area contributed by atoms with Crippen LogP contribution in [0.5, 0.6) is 0 Å². The van der Waals surface area contributed by atoms with Gasteiger partial charge < -0.3 is 5.11 Å². The van der Waals surface area contributed by atoms with Gasteiger partial charge in [0.15, 0.2) is 0 Å². The Morgan fingerprint density at radius 3 is 2.33 bits per heavy atom. The van der Waals surface area contributed by atoms with E-state index in [-0.39, 0.29) is 12.0 Å². The van der Waals surface area contributed by atoms with E-state index in [4.69, 9.17) is 5.11 Å². The predicted octanol–water partition coefficient (Wildman–Crippen LogP) is 2.71. The van der Waals surface area contributed by atoms with Gasteiger partial charge in [0.2, 0.25) is 0 Å². The lowest BCUT2D eigenvalue weighted by molar-refractivity contribution is -0.138. The van der Waals surface area contributed by atoms with Crippen molar-refractivity contribution in [1.82, 2.24) is 0 Å². The van der Waals surface area contributed by atoms with Gasteiger partial charge in [0.1, 0.15) is 11.6 Å². The van der Waals surface area contributed by atoms with E-state index in [2.05, 4.69) is 6.58 Å². The molecule has 0 amide bonds. The van der Waals surface area contributed by atoms with Crippen LogP contribution in [0.2, 0.25) is 0 Å². The molecule has 1 N–H and O–H groups in total. The Labute approximate surface area is 85.9 Å². The van der Waals surface area contributed by atoms with E-state index in [9.17, 15) is 13.6 Å². The van der Waals surface area contributed by atoms with Crippen LogP contribution in [-0.2, 0) is 4.79 Å². The van der Waals surface area contributed by atoms with E-state index in [1.165, 1.54) is 6.08 Å². The molecule has 4 heteroatoms. The molecule has 0 heterocycles. The molecular formula is C11H10F2O2. The largest absolute Gasteiger partial charge is 0.481 e. The second-order valence-corrected chi connectivity index (χ2v) is 3.12. The van der Waals surface area contributed by atoms with Crippen molar-refractivity contribution >= 4 is 5.97 Å². The SMILES string of the molecule is C=CCC(C(=O)O)c1cc(F)cc(F)c1. The van der Waals surface area contributed by atoms with E-state index in [0.29, 0.717) is 6.07 Å². The Kier molecular flexibility index (Phi) is 3.55. The third-order valence-electron chi connectivity index (χ3n) is 1.99. The summed E-state index contributed by atoms with van der Waals surface area (Å²) in [5.74, 6) is -3.63. The lowest BCUT2D eigenvalue weighted by Gasteiger charge is -2.10. The standard InChI is InChI=1S/C11H10F2O2/c1-2-3-10(11(14)15)7-4-8(12)6-9(13)5-7/h2,4-6,10H,1,3H2,(H,14,15). The lowest BCUT2D eigenvalue weighted by Crippen LogP contribution is -2.11. The fourth-order valence-electron chi connectivity index (χ4n) is 1.32. The zero-order chi connectivity index (χ0) is 11.4. The van der Waals surface area contributed by atoms with Gasteiger partial charge in [-0.3, -0.25) is 4.79 Å². The van der Waals surface area contributed by atoms with Gasteiger partial charge in [-0.05, 0) is 24.1 Å². The van der Waals surface area contributed by atoms with Gasteiger partial charge in [0, 0.05) is 6.07 Å². The van der Waals surface area contributed by atoms with Crippen LogP contribution >= 0.6 is 0 Å². The highest BCUT2D eigenvalue weighted by Crippen LogP contribution is 2.22. The molecule has 1 unspecified atom stereocenters. The molecule has 0 saturated heterocycles. The Morgan fingerprint density at radius 1 is 1.40 bits per heavy atom. The molecule has 1 aromatic rings. The quantitative estimate of drug-likeness (QED) is 0.779. The lowest BCUT2D eigenvalue weighted by atomic mass is 9.96. The van der Waals surface area contributed by atoms with Gasteiger partial charge in [0.25, 0.3) is 0 Å². The number of allylic oxidation sites excluding steroid dienone is 1. The molecule has 0 radical (unpaired) electrons. The molecule has 0 saturated carbocycles. The second kappa shape index (κ2) is 4.68. The molecule has 0 aromatic heterocycles. The number of rotatable bonds is 4. The average molecular weight is 212 g/mol. The summed E-state index contributed by atoms with van der Waals surface area (Å²) in [5, 5.41) is 8.85. The minimum atomic E-state index is -1.13. The smallest absolute Gasteiger partial charge is 0.311 e. The summed E-state index contributed by atoms with van der Waals surface area (Å²) in [4.78, 5) is 10.8. The number of hydrogen-bond acceptors (Lipinski definition) is 1. The molecule has 0 aliphatic carbocycles. The van der Waals surface area contributed by atoms with Gasteiger partial charge in [-0.1, -0.05) is 6.08 Å². The number of carboxylic acid groups (broad SMARTS) is 1. The monoisotopic (exact) mass is 212 g/mol. The summed E-state index contributed by atoms with van der Waals surface area (Å²) in [7, 11) is 0. The molecule has 0 fully saturated rings. The van der Waals surface area contributed by atoms with E-state index in [1.807, 2.05) is 0 Å². The molecule has 2 nitrogen and oxygen atoms in total. The van der Waals surface area contributed by atoms with Crippen LogP contribution in [0.15, 0.2) is 30.9 Å². The first-order valence-corrected chi connectivity index (χ1v) is 4.34. The van der Waals surface area contributed by atoms with Crippen LogP contribution < -0.4 is 0 Å². The molecule has 0 aliphatic heterocycles. The minimum Gasteiger partial charge on any atom is -0.481 e. The third kappa shape index (κ3) is 2.87. The fourth-order valence-corrected chi connectivity index (χ4v) is 1.32. The average Bonchev–Trinajstić information content (AvgIpc) is 2.11. The van der Waals surface area contributed by atoms with Gasteiger partial charge in [-0.15, -0.1) is 6.58 Å². The first-order chi connectivity index (χ1) is 7.04. The summed E-state index contributed by atoms with van der Waals surface area (Å²) in [6, 6.07) is 2.74. The molecule has 1 aromatic carbocycles. The molecular weight excluding hydrogens is 202 g/mol. The van der Waals surface area contributed by atoms with Crippen molar-refractivity contribution in [3.8, 4) is 0 Å². The highest BCUT2D eigenvalue weighted by molar-refractivity contribution is 5.76. The van der Waals surface area contributed by atoms with Crippen molar-refractivity contribution in [2.24, 2.45) is 0 Å². The first-order valence-electron chi connectivity index (χ1n) is 4.34. The first kappa shape index (κ1) is 11.4.